The van der Waals surface area contributed by atoms with Crippen LogP contribution in [0.2, 0.25) is 0 Å². The molecule has 0 unspecified atom stereocenters. The van der Waals surface area contributed by atoms with Crippen molar-refractivity contribution in [2.75, 3.05) is 6.54 Å². The second kappa shape index (κ2) is 6.12. The van der Waals surface area contributed by atoms with Gasteiger partial charge in [0.2, 0.25) is 5.91 Å². The summed E-state index contributed by atoms with van der Waals surface area (Å²) in [5, 5.41) is 3.98. The fourth-order valence-corrected chi connectivity index (χ4v) is 2.53. The third-order valence-corrected chi connectivity index (χ3v) is 4.23. The van der Waals surface area contributed by atoms with Crippen LogP contribution in [0.15, 0.2) is 6.20 Å². The van der Waals surface area contributed by atoms with Gasteiger partial charge in [0.15, 0.2) is 0 Å². The fraction of sp³-hybridized carbons (Fsp3) is 0.667. The van der Waals surface area contributed by atoms with Gasteiger partial charge in [0.05, 0.1) is 17.0 Å². The molecule has 0 aliphatic rings. The molecule has 0 spiro atoms. The minimum absolute atomic E-state index is 0.0519. The van der Waals surface area contributed by atoms with E-state index in [4.69, 9.17) is 5.73 Å². The Kier molecular flexibility index (Phi) is 5.08. The van der Waals surface area contributed by atoms with Crippen LogP contribution < -0.4 is 11.1 Å². The van der Waals surface area contributed by atoms with Gasteiger partial charge in [-0.05, 0) is 19.8 Å². The molecular weight excluding hydrogens is 234 g/mol. The maximum Gasteiger partial charge on any atom is 0.227 e. The summed E-state index contributed by atoms with van der Waals surface area (Å²) in [6.07, 6.45) is 3.35. The predicted molar refractivity (Wildman–Crippen MR) is 70.8 cm³/mol. The van der Waals surface area contributed by atoms with Gasteiger partial charge < -0.3 is 11.1 Å². The minimum atomic E-state index is -0.417. The third-order valence-electron chi connectivity index (χ3n) is 3.32. The van der Waals surface area contributed by atoms with Gasteiger partial charge in [-0.15, -0.1) is 11.3 Å². The average molecular weight is 255 g/mol. The van der Waals surface area contributed by atoms with Crippen molar-refractivity contribution >= 4 is 17.2 Å². The number of aryl methyl sites for hydroxylation is 1. The highest BCUT2D eigenvalue weighted by atomic mass is 32.1. The summed E-state index contributed by atoms with van der Waals surface area (Å²) in [6.45, 7) is 6.91. The number of amides is 1. The number of nitrogens with two attached hydrogens (primary N) is 1. The molecule has 0 fully saturated rings. The Labute approximate surface area is 107 Å². The number of nitrogens with one attached hydrogen (secondary N) is 1. The Hall–Kier alpha value is -0.940. The lowest BCUT2D eigenvalue weighted by molar-refractivity contribution is -0.131. The molecule has 0 aliphatic carbocycles. The summed E-state index contributed by atoms with van der Waals surface area (Å²) in [4.78, 5) is 17.4. The fourth-order valence-electron chi connectivity index (χ4n) is 1.79. The van der Waals surface area contributed by atoms with Crippen LogP contribution in [0.25, 0.3) is 0 Å². The first-order valence-electron chi connectivity index (χ1n) is 5.97. The van der Waals surface area contributed by atoms with E-state index in [2.05, 4.69) is 10.3 Å². The van der Waals surface area contributed by atoms with E-state index >= 15 is 0 Å². The number of carbonyl (C=O) groups excluding carboxylic acids is 1. The van der Waals surface area contributed by atoms with Gasteiger partial charge in [-0.25, -0.2) is 4.98 Å². The molecule has 0 saturated heterocycles. The van der Waals surface area contributed by atoms with Gasteiger partial charge in [-0.2, -0.15) is 0 Å². The van der Waals surface area contributed by atoms with Gasteiger partial charge in [0.1, 0.15) is 0 Å². The zero-order valence-corrected chi connectivity index (χ0v) is 11.6. The summed E-state index contributed by atoms with van der Waals surface area (Å²) >= 11 is 1.61. The van der Waals surface area contributed by atoms with Crippen molar-refractivity contribution in [2.24, 2.45) is 11.1 Å². The number of hydrogen-bond acceptors (Lipinski definition) is 4. The zero-order chi connectivity index (χ0) is 12.9. The first-order chi connectivity index (χ1) is 8.07. The average Bonchev–Trinajstić information content (AvgIpc) is 2.75. The van der Waals surface area contributed by atoms with E-state index in [1.165, 1.54) is 0 Å². The Morgan fingerprint density at radius 2 is 2.18 bits per heavy atom. The largest absolute Gasteiger partial charge is 0.351 e. The topological polar surface area (TPSA) is 68.0 Å². The third kappa shape index (κ3) is 3.26. The maximum atomic E-state index is 12.1. The molecule has 0 atom stereocenters. The van der Waals surface area contributed by atoms with Crippen molar-refractivity contribution in [3.05, 3.63) is 16.1 Å². The first-order valence-corrected chi connectivity index (χ1v) is 6.79. The Bertz CT molecular complexity index is 363. The van der Waals surface area contributed by atoms with Crippen LogP contribution in [-0.4, -0.2) is 17.4 Å². The molecule has 96 valence electrons. The van der Waals surface area contributed by atoms with Crippen LogP contribution in [-0.2, 0) is 11.3 Å². The molecule has 3 N–H and O–H groups in total. The Morgan fingerprint density at radius 1 is 1.53 bits per heavy atom. The highest BCUT2D eigenvalue weighted by molar-refractivity contribution is 7.11. The van der Waals surface area contributed by atoms with E-state index in [1.807, 2.05) is 27.0 Å². The molecule has 1 rings (SSSR count). The summed E-state index contributed by atoms with van der Waals surface area (Å²) in [7, 11) is 0. The van der Waals surface area contributed by atoms with E-state index in [0.717, 1.165) is 22.7 Å². The predicted octanol–water partition coefficient (Wildman–Crippen LogP) is 1.83. The molecule has 5 heteroatoms. The summed E-state index contributed by atoms with van der Waals surface area (Å²) in [5.74, 6) is 0.0519. The first kappa shape index (κ1) is 14.1. The summed E-state index contributed by atoms with van der Waals surface area (Å²) < 4.78 is 0. The molecule has 0 aliphatic heterocycles. The van der Waals surface area contributed by atoms with Crippen LogP contribution in [0.4, 0.5) is 0 Å². The number of aromatic nitrogens is 1. The number of carbonyl (C=O) groups is 1. The normalized spacial score (nSPS) is 11.5. The van der Waals surface area contributed by atoms with Crippen LogP contribution in [0.3, 0.4) is 0 Å². The molecule has 0 aromatic carbocycles. The summed E-state index contributed by atoms with van der Waals surface area (Å²) in [5.41, 5.74) is 5.32. The van der Waals surface area contributed by atoms with Crippen molar-refractivity contribution in [3.63, 3.8) is 0 Å². The van der Waals surface area contributed by atoms with Gasteiger partial charge in [0, 0.05) is 17.6 Å². The molecule has 1 aromatic heterocycles. The molecule has 1 amide bonds. The smallest absolute Gasteiger partial charge is 0.227 e. The highest BCUT2D eigenvalue weighted by Crippen LogP contribution is 2.25. The van der Waals surface area contributed by atoms with Crippen molar-refractivity contribution in [1.82, 2.24) is 10.3 Å². The lowest BCUT2D eigenvalue weighted by Crippen LogP contribution is -2.44. The summed E-state index contributed by atoms with van der Waals surface area (Å²) in [6, 6.07) is 0. The molecular formula is C12H21N3OS. The second-order valence-electron chi connectivity index (χ2n) is 4.22. The quantitative estimate of drug-likeness (QED) is 0.815. The molecule has 1 heterocycles. The van der Waals surface area contributed by atoms with E-state index in [1.54, 1.807) is 11.3 Å². The monoisotopic (exact) mass is 255 g/mol. The van der Waals surface area contributed by atoms with Crippen molar-refractivity contribution in [2.45, 2.75) is 40.2 Å². The molecule has 0 saturated carbocycles. The highest BCUT2D eigenvalue weighted by Gasteiger charge is 2.32. The van der Waals surface area contributed by atoms with E-state index in [9.17, 15) is 4.79 Å². The van der Waals surface area contributed by atoms with Crippen LogP contribution >= 0.6 is 11.3 Å². The Morgan fingerprint density at radius 3 is 2.59 bits per heavy atom. The second-order valence-corrected chi connectivity index (χ2v) is 5.54. The number of rotatable bonds is 6. The molecule has 17 heavy (non-hydrogen) atoms. The SMILES string of the molecule is CCC(CC)(CN)C(=O)NCc1cnc(C)s1. The van der Waals surface area contributed by atoms with Gasteiger partial charge in [-0.3, -0.25) is 4.79 Å². The molecule has 1 aromatic rings. The lowest BCUT2D eigenvalue weighted by atomic mass is 9.81. The number of thiazole rings is 1. The molecule has 0 radical (unpaired) electrons. The standard InChI is InChI=1S/C12H21N3OS/c1-4-12(5-2,8-13)11(16)15-7-10-6-14-9(3)17-10/h6H,4-5,7-8,13H2,1-3H3,(H,15,16). The lowest BCUT2D eigenvalue weighted by Gasteiger charge is -2.28. The Balaban J connectivity index is 2.59. The van der Waals surface area contributed by atoms with Gasteiger partial charge >= 0.3 is 0 Å². The minimum Gasteiger partial charge on any atom is -0.351 e. The van der Waals surface area contributed by atoms with Crippen LogP contribution in [0.1, 0.15) is 36.6 Å². The molecule has 4 nitrogen and oxygen atoms in total. The number of hydrogen-bond donors (Lipinski definition) is 2. The zero-order valence-electron chi connectivity index (χ0n) is 10.7. The van der Waals surface area contributed by atoms with Crippen LogP contribution in [0, 0.1) is 12.3 Å². The maximum absolute atomic E-state index is 12.1. The number of nitrogens with zero attached hydrogens (tertiary/aromatic N) is 1. The van der Waals surface area contributed by atoms with Crippen molar-refractivity contribution in [3.8, 4) is 0 Å². The van der Waals surface area contributed by atoms with Crippen molar-refractivity contribution < 1.29 is 4.79 Å². The van der Waals surface area contributed by atoms with E-state index in [-0.39, 0.29) is 5.91 Å². The van der Waals surface area contributed by atoms with E-state index in [0.29, 0.717) is 13.1 Å². The van der Waals surface area contributed by atoms with Crippen molar-refractivity contribution in [1.29, 1.82) is 0 Å². The van der Waals surface area contributed by atoms with Gasteiger partial charge in [-0.1, -0.05) is 13.8 Å². The van der Waals surface area contributed by atoms with Gasteiger partial charge in [0.25, 0.3) is 0 Å². The van der Waals surface area contributed by atoms with Crippen LogP contribution in [0.5, 0.6) is 0 Å². The molecule has 0 bridgehead atoms. The van der Waals surface area contributed by atoms with E-state index < -0.39 is 5.41 Å².